The molecule has 25 heavy (non-hydrogen) atoms. The minimum absolute atomic E-state index is 0.216. The van der Waals surface area contributed by atoms with Gasteiger partial charge in [0.1, 0.15) is 0 Å². The van der Waals surface area contributed by atoms with Gasteiger partial charge in [0.05, 0.1) is 0 Å². The topological polar surface area (TPSA) is 61.8 Å². The minimum atomic E-state index is -1.47. The molecule has 0 atom stereocenters. The Labute approximate surface area is 153 Å². The first kappa shape index (κ1) is 24.1. The SMILES string of the molecule is CCCCCCCCCCCCC(OC)(OC)C(=O)OC(=O)CCC. The maximum absolute atomic E-state index is 12.2. The molecule has 0 aromatic heterocycles. The number of ether oxygens (including phenoxy) is 3. The van der Waals surface area contributed by atoms with Gasteiger partial charge in [-0.2, -0.15) is 0 Å². The fourth-order valence-electron chi connectivity index (χ4n) is 2.84. The summed E-state index contributed by atoms with van der Waals surface area (Å²) in [5.74, 6) is -2.75. The smallest absolute Gasteiger partial charge is 0.374 e. The zero-order valence-corrected chi connectivity index (χ0v) is 16.7. The van der Waals surface area contributed by atoms with E-state index < -0.39 is 17.7 Å². The molecule has 0 aromatic rings. The Morgan fingerprint density at radius 3 is 1.64 bits per heavy atom. The second-order valence-corrected chi connectivity index (χ2v) is 6.60. The predicted molar refractivity (Wildman–Crippen MR) is 99.2 cm³/mol. The molecule has 0 aliphatic rings. The summed E-state index contributed by atoms with van der Waals surface area (Å²) in [6, 6.07) is 0. The van der Waals surface area contributed by atoms with Gasteiger partial charge in [0.25, 0.3) is 5.79 Å². The van der Waals surface area contributed by atoms with Crippen molar-refractivity contribution in [3.05, 3.63) is 0 Å². The average molecular weight is 359 g/mol. The van der Waals surface area contributed by atoms with Crippen molar-refractivity contribution in [2.24, 2.45) is 0 Å². The van der Waals surface area contributed by atoms with E-state index in [0.717, 1.165) is 19.3 Å². The Balaban J connectivity index is 4.02. The molecule has 0 fully saturated rings. The molecule has 0 saturated heterocycles. The van der Waals surface area contributed by atoms with E-state index in [1.807, 2.05) is 6.92 Å². The third kappa shape index (κ3) is 10.6. The van der Waals surface area contributed by atoms with Gasteiger partial charge in [-0.05, 0) is 12.8 Å². The summed E-state index contributed by atoms with van der Waals surface area (Å²) in [7, 11) is 2.82. The lowest BCUT2D eigenvalue weighted by Crippen LogP contribution is -2.44. The highest BCUT2D eigenvalue weighted by Gasteiger charge is 2.41. The third-order valence-electron chi connectivity index (χ3n) is 4.49. The summed E-state index contributed by atoms with van der Waals surface area (Å²) in [4.78, 5) is 23.7. The predicted octanol–water partition coefficient (Wildman–Crippen LogP) is 5.16. The summed E-state index contributed by atoms with van der Waals surface area (Å²) in [6.45, 7) is 4.09. The van der Waals surface area contributed by atoms with Crippen LogP contribution in [-0.4, -0.2) is 31.9 Å². The van der Waals surface area contributed by atoms with Gasteiger partial charge in [-0.25, -0.2) is 4.79 Å². The van der Waals surface area contributed by atoms with Gasteiger partial charge in [-0.1, -0.05) is 71.6 Å². The maximum Gasteiger partial charge on any atom is 0.374 e. The van der Waals surface area contributed by atoms with Crippen LogP contribution in [0.4, 0.5) is 0 Å². The van der Waals surface area contributed by atoms with Crippen LogP contribution >= 0.6 is 0 Å². The van der Waals surface area contributed by atoms with Crippen molar-refractivity contribution in [3.8, 4) is 0 Å². The third-order valence-corrected chi connectivity index (χ3v) is 4.49. The zero-order chi connectivity index (χ0) is 19.0. The second kappa shape index (κ2) is 15.3. The van der Waals surface area contributed by atoms with Crippen LogP contribution in [-0.2, 0) is 23.8 Å². The number of carbonyl (C=O) groups excluding carboxylic acids is 2. The fraction of sp³-hybridized carbons (Fsp3) is 0.900. The number of rotatable bonds is 16. The van der Waals surface area contributed by atoms with Crippen molar-refractivity contribution in [2.45, 2.75) is 103 Å². The summed E-state index contributed by atoms with van der Waals surface area (Å²) in [6.07, 6.45) is 13.3. The Bertz CT molecular complexity index is 350. The number of esters is 2. The van der Waals surface area contributed by atoms with E-state index in [2.05, 4.69) is 6.92 Å². The first-order valence-corrected chi connectivity index (χ1v) is 9.91. The molecular formula is C20H38O5. The number of methoxy groups -OCH3 is 2. The number of hydrogen-bond acceptors (Lipinski definition) is 5. The molecule has 0 saturated carbocycles. The van der Waals surface area contributed by atoms with Crippen LogP contribution in [0.5, 0.6) is 0 Å². The minimum Gasteiger partial charge on any atom is -0.389 e. The van der Waals surface area contributed by atoms with Crippen molar-refractivity contribution in [2.75, 3.05) is 14.2 Å². The van der Waals surface area contributed by atoms with E-state index in [4.69, 9.17) is 14.2 Å². The maximum atomic E-state index is 12.2. The Morgan fingerprint density at radius 1 is 0.720 bits per heavy atom. The van der Waals surface area contributed by atoms with Gasteiger partial charge in [0, 0.05) is 27.1 Å². The Hall–Kier alpha value is -0.940. The number of unbranched alkanes of at least 4 members (excludes halogenated alkanes) is 9. The largest absolute Gasteiger partial charge is 0.389 e. The molecule has 148 valence electrons. The van der Waals surface area contributed by atoms with Gasteiger partial charge >= 0.3 is 11.9 Å². The lowest BCUT2D eigenvalue weighted by molar-refractivity contribution is -0.232. The molecule has 0 amide bonds. The number of carbonyl (C=O) groups is 2. The van der Waals surface area contributed by atoms with Crippen molar-refractivity contribution in [1.29, 1.82) is 0 Å². The Kier molecular flexibility index (Phi) is 14.7. The summed E-state index contributed by atoms with van der Waals surface area (Å²) in [5.41, 5.74) is 0. The van der Waals surface area contributed by atoms with Crippen molar-refractivity contribution in [3.63, 3.8) is 0 Å². The van der Waals surface area contributed by atoms with E-state index in [0.29, 0.717) is 12.8 Å². The van der Waals surface area contributed by atoms with Crippen LogP contribution in [0, 0.1) is 0 Å². The van der Waals surface area contributed by atoms with Crippen LogP contribution in [0.1, 0.15) is 97.3 Å². The van der Waals surface area contributed by atoms with Crippen molar-refractivity contribution >= 4 is 11.9 Å². The summed E-state index contributed by atoms with van der Waals surface area (Å²) < 4.78 is 15.4. The highest BCUT2D eigenvalue weighted by atomic mass is 16.7. The molecule has 0 aliphatic carbocycles. The highest BCUT2D eigenvalue weighted by Crippen LogP contribution is 2.23. The van der Waals surface area contributed by atoms with Gasteiger partial charge < -0.3 is 14.2 Å². The monoisotopic (exact) mass is 358 g/mol. The van der Waals surface area contributed by atoms with E-state index in [1.54, 1.807) is 0 Å². The average Bonchev–Trinajstić information content (AvgIpc) is 2.60. The van der Waals surface area contributed by atoms with Crippen molar-refractivity contribution in [1.82, 2.24) is 0 Å². The van der Waals surface area contributed by atoms with Crippen LogP contribution in [0.25, 0.3) is 0 Å². The molecule has 0 N–H and O–H groups in total. The molecule has 0 rings (SSSR count). The van der Waals surface area contributed by atoms with Crippen LogP contribution in [0.3, 0.4) is 0 Å². The molecule has 0 bridgehead atoms. The van der Waals surface area contributed by atoms with Gasteiger partial charge in [0.2, 0.25) is 0 Å². The van der Waals surface area contributed by atoms with Gasteiger partial charge in [-0.15, -0.1) is 0 Å². The molecule has 5 nitrogen and oxygen atoms in total. The summed E-state index contributed by atoms with van der Waals surface area (Å²) in [5, 5.41) is 0. The van der Waals surface area contributed by atoms with Gasteiger partial charge in [0.15, 0.2) is 0 Å². The molecule has 0 heterocycles. The van der Waals surface area contributed by atoms with Gasteiger partial charge in [-0.3, -0.25) is 4.79 Å². The molecule has 0 aromatic carbocycles. The summed E-state index contributed by atoms with van der Waals surface area (Å²) >= 11 is 0. The van der Waals surface area contributed by atoms with Crippen LogP contribution in [0.2, 0.25) is 0 Å². The molecule has 5 heteroatoms. The molecule has 0 spiro atoms. The first-order chi connectivity index (χ1) is 12.1. The lowest BCUT2D eigenvalue weighted by atomic mass is 10.0. The standard InChI is InChI=1S/C20H38O5/c1-5-7-8-9-10-11-12-13-14-15-17-20(23-3,24-4)19(22)25-18(21)16-6-2/h5-17H2,1-4H3. The number of hydrogen-bond donors (Lipinski definition) is 0. The second-order valence-electron chi connectivity index (χ2n) is 6.60. The highest BCUT2D eigenvalue weighted by molar-refractivity contribution is 5.89. The normalized spacial score (nSPS) is 11.5. The molecule has 0 radical (unpaired) electrons. The first-order valence-electron chi connectivity index (χ1n) is 9.91. The quantitative estimate of drug-likeness (QED) is 0.165. The van der Waals surface area contributed by atoms with Crippen LogP contribution in [0.15, 0.2) is 0 Å². The van der Waals surface area contributed by atoms with E-state index in [-0.39, 0.29) is 6.42 Å². The molecule has 0 aliphatic heterocycles. The fourth-order valence-corrected chi connectivity index (χ4v) is 2.84. The van der Waals surface area contributed by atoms with E-state index in [1.165, 1.54) is 59.2 Å². The van der Waals surface area contributed by atoms with Crippen LogP contribution < -0.4 is 0 Å². The lowest BCUT2D eigenvalue weighted by Gasteiger charge is -2.27. The zero-order valence-electron chi connectivity index (χ0n) is 16.7. The Morgan fingerprint density at radius 2 is 1.20 bits per heavy atom. The van der Waals surface area contributed by atoms with E-state index >= 15 is 0 Å². The van der Waals surface area contributed by atoms with E-state index in [9.17, 15) is 9.59 Å². The van der Waals surface area contributed by atoms with Crippen molar-refractivity contribution < 1.29 is 23.8 Å². The molecule has 0 unspecified atom stereocenters. The molecular weight excluding hydrogens is 320 g/mol.